The molecule has 3 aromatic carbocycles. The van der Waals surface area contributed by atoms with Crippen LogP contribution in [0.2, 0.25) is 0 Å². The summed E-state index contributed by atoms with van der Waals surface area (Å²) in [6, 6.07) is 19.6. The van der Waals surface area contributed by atoms with Crippen LogP contribution in [0.3, 0.4) is 0 Å². The van der Waals surface area contributed by atoms with Crippen molar-refractivity contribution in [2.45, 2.75) is 11.8 Å². The molecule has 0 saturated heterocycles. The largest absolute Gasteiger partial charge is 0.463 e. The number of sulfonamides is 1. The first kappa shape index (κ1) is 20.4. The molecule has 0 fully saturated rings. The lowest BCUT2D eigenvalue weighted by atomic mass is 10.0. The van der Waals surface area contributed by atoms with Crippen molar-refractivity contribution in [2.75, 3.05) is 11.3 Å². The molecule has 0 aliphatic heterocycles. The van der Waals surface area contributed by atoms with Crippen molar-refractivity contribution >= 4 is 38.5 Å². The molecule has 6 heteroatoms. The zero-order chi connectivity index (χ0) is 20.7. The second-order valence-electron chi connectivity index (χ2n) is 6.18. The molecule has 5 nitrogen and oxygen atoms in total. The maximum atomic E-state index is 12.8. The molecule has 29 heavy (non-hydrogen) atoms. The van der Waals surface area contributed by atoms with Gasteiger partial charge in [0.1, 0.15) is 0 Å². The lowest BCUT2D eigenvalue weighted by Crippen LogP contribution is -2.13. The van der Waals surface area contributed by atoms with Crippen LogP contribution in [-0.4, -0.2) is 21.0 Å². The molecular weight excluding hydrogens is 386 g/mol. The lowest BCUT2D eigenvalue weighted by Gasteiger charge is -2.12. The molecule has 0 radical (unpaired) electrons. The first-order valence-corrected chi connectivity index (χ1v) is 10.6. The summed E-state index contributed by atoms with van der Waals surface area (Å²) in [6.07, 6.45) is 6.28. The molecule has 0 aromatic heterocycles. The van der Waals surface area contributed by atoms with E-state index in [0.717, 1.165) is 10.8 Å². The minimum absolute atomic E-state index is 0.185. The van der Waals surface area contributed by atoms with Crippen LogP contribution in [0.25, 0.3) is 16.8 Å². The first-order valence-electron chi connectivity index (χ1n) is 9.12. The molecule has 0 amide bonds. The Morgan fingerprint density at radius 2 is 1.62 bits per heavy atom. The predicted molar refractivity (Wildman–Crippen MR) is 116 cm³/mol. The van der Waals surface area contributed by atoms with Gasteiger partial charge in [-0.05, 0) is 47.5 Å². The Labute approximate surface area is 170 Å². The maximum Gasteiger partial charge on any atom is 0.330 e. The standard InChI is InChI=1S/C23H21NO4S/c1-2-28-23(25)15-9-8-12-20-16-18-10-6-7-11-19(18)17-22(20)24-29(26,27)21-13-4-3-5-14-21/h3-17,24H,2H2,1H3/b12-8+,15-9+. The van der Waals surface area contributed by atoms with Gasteiger partial charge in [-0.2, -0.15) is 0 Å². The van der Waals surface area contributed by atoms with Crippen LogP contribution >= 0.6 is 0 Å². The average molecular weight is 407 g/mol. The number of carbonyl (C=O) groups excluding carboxylic acids is 1. The molecule has 0 aliphatic carbocycles. The summed E-state index contributed by atoms with van der Waals surface area (Å²) in [5.41, 5.74) is 1.13. The monoisotopic (exact) mass is 407 g/mol. The van der Waals surface area contributed by atoms with Gasteiger partial charge in [-0.25, -0.2) is 13.2 Å². The van der Waals surface area contributed by atoms with Crippen LogP contribution in [0, 0.1) is 0 Å². The van der Waals surface area contributed by atoms with E-state index in [1.807, 2.05) is 30.3 Å². The first-order chi connectivity index (χ1) is 14.0. The maximum absolute atomic E-state index is 12.8. The van der Waals surface area contributed by atoms with Crippen molar-refractivity contribution in [1.82, 2.24) is 0 Å². The molecule has 0 heterocycles. The van der Waals surface area contributed by atoms with E-state index in [-0.39, 0.29) is 4.90 Å². The second-order valence-corrected chi connectivity index (χ2v) is 7.86. The molecule has 0 bridgehead atoms. The van der Waals surface area contributed by atoms with E-state index in [1.165, 1.54) is 6.08 Å². The van der Waals surface area contributed by atoms with Gasteiger partial charge in [-0.1, -0.05) is 60.7 Å². The highest BCUT2D eigenvalue weighted by Gasteiger charge is 2.15. The van der Waals surface area contributed by atoms with E-state index < -0.39 is 16.0 Å². The smallest absolute Gasteiger partial charge is 0.330 e. The van der Waals surface area contributed by atoms with Crippen LogP contribution in [-0.2, 0) is 19.6 Å². The fourth-order valence-electron chi connectivity index (χ4n) is 2.77. The van der Waals surface area contributed by atoms with Crippen LogP contribution in [0.15, 0.2) is 89.9 Å². The average Bonchev–Trinajstić information content (AvgIpc) is 2.72. The Bertz CT molecular complexity index is 1170. The third-order valence-electron chi connectivity index (χ3n) is 4.12. The summed E-state index contributed by atoms with van der Waals surface area (Å²) < 4.78 is 33.1. The van der Waals surface area contributed by atoms with Crippen molar-refractivity contribution in [1.29, 1.82) is 0 Å². The van der Waals surface area contributed by atoms with Gasteiger partial charge in [0.2, 0.25) is 0 Å². The minimum Gasteiger partial charge on any atom is -0.463 e. The quantitative estimate of drug-likeness (QED) is 0.348. The number of rotatable bonds is 7. The van der Waals surface area contributed by atoms with Gasteiger partial charge in [0.05, 0.1) is 17.2 Å². The summed E-state index contributed by atoms with van der Waals surface area (Å²) in [4.78, 5) is 11.6. The highest BCUT2D eigenvalue weighted by molar-refractivity contribution is 7.92. The molecule has 0 atom stereocenters. The molecule has 0 saturated carbocycles. The molecule has 148 valence electrons. The molecule has 0 aliphatic rings. The van der Waals surface area contributed by atoms with Gasteiger partial charge < -0.3 is 4.74 Å². The summed E-state index contributed by atoms with van der Waals surface area (Å²) in [5, 5.41) is 1.89. The second kappa shape index (κ2) is 9.21. The van der Waals surface area contributed by atoms with Crippen LogP contribution in [0.4, 0.5) is 5.69 Å². The van der Waals surface area contributed by atoms with Gasteiger partial charge in [0, 0.05) is 6.08 Å². The zero-order valence-electron chi connectivity index (χ0n) is 15.9. The number of anilines is 1. The third-order valence-corrected chi connectivity index (χ3v) is 5.50. The summed E-state index contributed by atoms with van der Waals surface area (Å²) >= 11 is 0. The number of hydrogen-bond donors (Lipinski definition) is 1. The van der Waals surface area contributed by atoms with Crippen molar-refractivity contribution in [3.63, 3.8) is 0 Å². The molecule has 0 spiro atoms. The summed E-state index contributed by atoms with van der Waals surface area (Å²) in [7, 11) is -3.73. The number of nitrogens with one attached hydrogen (secondary N) is 1. The van der Waals surface area contributed by atoms with Crippen LogP contribution in [0.5, 0.6) is 0 Å². The van der Waals surface area contributed by atoms with Crippen molar-refractivity contribution in [3.8, 4) is 0 Å². The Hall–Kier alpha value is -3.38. The van der Waals surface area contributed by atoms with E-state index in [1.54, 1.807) is 61.5 Å². The van der Waals surface area contributed by atoms with E-state index in [9.17, 15) is 13.2 Å². The van der Waals surface area contributed by atoms with E-state index in [4.69, 9.17) is 4.74 Å². The molecule has 0 unspecified atom stereocenters. The number of ether oxygens (including phenoxy) is 1. The Morgan fingerprint density at radius 3 is 2.31 bits per heavy atom. The highest BCUT2D eigenvalue weighted by atomic mass is 32.2. The number of esters is 1. The van der Waals surface area contributed by atoms with Gasteiger partial charge >= 0.3 is 5.97 Å². The number of allylic oxidation sites excluding steroid dienone is 2. The van der Waals surface area contributed by atoms with Crippen molar-refractivity contribution in [3.05, 3.63) is 90.5 Å². The molecule has 1 N–H and O–H groups in total. The Kier molecular flexibility index (Phi) is 6.46. The number of benzene rings is 3. The third kappa shape index (κ3) is 5.33. The fourth-order valence-corrected chi connectivity index (χ4v) is 3.87. The predicted octanol–water partition coefficient (Wildman–Crippen LogP) is 4.77. The van der Waals surface area contributed by atoms with Gasteiger partial charge in [0.15, 0.2) is 0 Å². The lowest BCUT2D eigenvalue weighted by molar-refractivity contribution is -0.137. The van der Waals surface area contributed by atoms with E-state index in [2.05, 4.69) is 4.72 Å². The van der Waals surface area contributed by atoms with Crippen LogP contribution < -0.4 is 4.72 Å². The minimum atomic E-state index is -3.73. The van der Waals surface area contributed by atoms with Gasteiger partial charge in [-0.3, -0.25) is 4.72 Å². The van der Waals surface area contributed by atoms with Crippen molar-refractivity contribution in [2.24, 2.45) is 0 Å². The molecular formula is C23H21NO4S. The Balaban J connectivity index is 1.96. The summed E-state index contributed by atoms with van der Waals surface area (Å²) in [5.74, 6) is -0.430. The van der Waals surface area contributed by atoms with Crippen molar-refractivity contribution < 1.29 is 17.9 Å². The molecule has 3 rings (SSSR count). The molecule has 3 aromatic rings. The van der Waals surface area contributed by atoms with E-state index >= 15 is 0 Å². The topological polar surface area (TPSA) is 72.5 Å². The summed E-state index contributed by atoms with van der Waals surface area (Å²) in [6.45, 7) is 2.05. The Morgan fingerprint density at radius 1 is 0.966 bits per heavy atom. The van der Waals surface area contributed by atoms with E-state index in [0.29, 0.717) is 17.9 Å². The SMILES string of the molecule is CCOC(=O)/C=C/C=C/c1cc2ccccc2cc1NS(=O)(=O)c1ccccc1. The fraction of sp³-hybridized carbons (Fsp3) is 0.0870. The number of carbonyl (C=O) groups is 1. The normalized spacial score (nSPS) is 11.9. The van der Waals surface area contributed by atoms with Gasteiger partial charge in [-0.15, -0.1) is 0 Å². The van der Waals surface area contributed by atoms with Crippen LogP contribution in [0.1, 0.15) is 12.5 Å². The number of fused-ring (bicyclic) bond motifs is 1. The zero-order valence-corrected chi connectivity index (χ0v) is 16.7. The number of hydrogen-bond acceptors (Lipinski definition) is 4. The van der Waals surface area contributed by atoms with Gasteiger partial charge in [0.25, 0.3) is 10.0 Å². The highest BCUT2D eigenvalue weighted by Crippen LogP contribution is 2.27.